The van der Waals surface area contributed by atoms with Crippen molar-refractivity contribution in [1.29, 1.82) is 0 Å². The number of aliphatic hydroxyl groups excluding tert-OH is 1. The largest absolute Gasteiger partial charge is 0.396 e. The molecule has 0 amide bonds. The molecule has 1 aromatic carbocycles. The van der Waals surface area contributed by atoms with Gasteiger partial charge < -0.3 is 10.0 Å². The van der Waals surface area contributed by atoms with E-state index in [-0.39, 0.29) is 6.61 Å². The summed E-state index contributed by atoms with van der Waals surface area (Å²) in [5, 5.41) is 17.4. The minimum atomic E-state index is 0.258. The van der Waals surface area contributed by atoms with E-state index in [0.29, 0.717) is 6.04 Å². The Morgan fingerprint density at radius 3 is 2.95 bits per heavy atom. The van der Waals surface area contributed by atoms with Crippen molar-refractivity contribution >= 4 is 11.0 Å². The molecule has 2 heterocycles. The maximum Gasteiger partial charge on any atom is 0.113 e. The van der Waals surface area contributed by atoms with Gasteiger partial charge in [-0.1, -0.05) is 11.3 Å². The summed E-state index contributed by atoms with van der Waals surface area (Å²) in [4.78, 5) is 4.80. The minimum absolute atomic E-state index is 0.258. The third kappa shape index (κ3) is 3.07. The normalized spacial score (nSPS) is 21.2. The molecule has 0 bridgehead atoms. The van der Waals surface area contributed by atoms with E-state index in [1.807, 2.05) is 7.05 Å². The first-order valence-corrected chi connectivity index (χ1v) is 7.49. The van der Waals surface area contributed by atoms with Crippen LogP contribution in [0.2, 0.25) is 0 Å². The van der Waals surface area contributed by atoms with E-state index < -0.39 is 0 Å². The molecule has 1 N–H and O–H groups in total. The molecule has 21 heavy (non-hydrogen) atoms. The molecule has 0 radical (unpaired) electrons. The maximum atomic E-state index is 9.17. The highest BCUT2D eigenvalue weighted by atomic mass is 16.3. The van der Waals surface area contributed by atoms with Crippen LogP contribution in [0.15, 0.2) is 18.2 Å². The van der Waals surface area contributed by atoms with E-state index in [0.717, 1.165) is 43.6 Å². The van der Waals surface area contributed by atoms with E-state index >= 15 is 0 Å². The lowest BCUT2D eigenvalue weighted by atomic mass is 10.1. The Morgan fingerprint density at radius 2 is 2.14 bits per heavy atom. The fourth-order valence-electron chi connectivity index (χ4n) is 3.06. The van der Waals surface area contributed by atoms with E-state index in [1.54, 1.807) is 4.68 Å². The van der Waals surface area contributed by atoms with Crippen molar-refractivity contribution in [3.8, 4) is 0 Å². The number of nitrogens with zero attached hydrogens (tertiary/aromatic N) is 5. The Labute approximate surface area is 125 Å². The molecule has 3 rings (SSSR count). The minimum Gasteiger partial charge on any atom is -0.396 e. The number of aliphatic hydroxyl groups is 1. The first-order valence-electron chi connectivity index (χ1n) is 7.49. The zero-order valence-corrected chi connectivity index (χ0v) is 12.7. The zero-order chi connectivity index (χ0) is 14.8. The quantitative estimate of drug-likeness (QED) is 0.886. The molecule has 1 unspecified atom stereocenters. The molecule has 1 atom stereocenters. The number of hydrogen-bond donors (Lipinski definition) is 1. The molecule has 1 fully saturated rings. The average Bonchev–Trinajstić information content (AvgIpc) is 2.84. The molecule has 0 spiro atoms. The lowest BCUT2D eigenvalue weighted by Gasteiger charge is -2.39. The molecule has 1 aromatic heterocycles. The highest BCUT2D eigenvalue weighted by Crippen LogP contribution is 2.17. The Kier molecular flexibility index (Phi) is 4.19. The van der Waals surface area contributed by atoms with E-state index in [9.17, 15) is 5.11 Å². The van der Waals surface area contributed by atoms with Gasteiger partial charge in [-0.05, 0) is 31.2 Å². The molecule has 0 saturated carbocycles. The topological polar surface area (TPSA) is 57.4 Å². The fourth-order valence-corrected chi connectivity index (χ4v) is 3.06. The Bertz CT molecular complexity index is 611. The van der Waals surface area contributed by atoms with Crippen molar-refractivity contribution in [1.82, 2.24) is 24.8 Å². The molecule has 114 valence electrons. The molecule has 1 aliphatic heterocycles. The summed E-state index contributed by atoms with van der Waals surface area (Å²) in [7, 11) is 4.05. The molecular formula is C15H23N5O. The van der Waals surface area contributed by atoms with Crippen LogP contribution in [0.25, 0.3) is 11.0 Å². The summed E-state index contributed by atoms with van der Waals surface area (Å²) in [6.45, 7) is 4.32. The van der Waals surface area contributed by atoms with Crippen LogP contribution in [0.1, 0.15) is 12.0 Å². The number of rotatable bonds is 4. The van der Waals surface area contributed by atoms with Crippen LogP contribution in [0, 0.1) is 0 Å². The van der Waals surface area contributed by atoms with Crippen LogP contribution in [-0.2, 0) is 13.6 Å². The van der Waals surface area contributed by atoms with Gasteiger partial charge in [0.25, 0.3) is 0 Å². The monoisotopic (exact) mass is 289 g/mol. The molecule has 1 aliphatic rings. The lowest BCUT2D eigenvalue weighted by Crippen LogP contribution is -2.51. The highest BCUT2D eigenvalue weighted by Gasteiger charge is 2.23. The van der Waals surface area contributed by atoms with Gasteiger partial charge in [-0.3, -0.25) is 4.90 Å². The number of aryl methyl sites for hydroxylation is 1. The summed E-state index contributed by atoms with van der Waals surface area (Å²) >= 11 is 0. The Hall–Kier alpha value is -1.50. The van der Waals surface area contributed by atoms with Gasteiger partial charge in [-0.25, -0.2) is 4.68 Å². The average molecular weight is 289 g/mol. The number of aromatic nitrogens is 3. The predicted octanol–water partition coefficient (Wildman–Crippen LogP) is 0.467. The molecule has 2 aromatic rings. The summed E-state index contributed by atoms with van der Waals surface area (Å²) in [5.41, 5.74) is 3.29. The van der Waals surface area contributed by atoms with E-state index in [1.165, 1.54) is 5.56 Å². The second-order valence-electron chi connectivity index (χ2n) is 5.92. The third-order valence-corrected chi connectivity index (χ3v) is 4.40. The fraction of sp³-hybridized carbons (Fsp3) is 0.600. The Morgan fingerprint density at radius 1 is 1.29 bits per heavy atom. The van der Waals surface area contributed by atoms with Crippen molar-refractivity contribution in [2.24, 2.45) is 7.05 Å². The summed E-state index contributed by atoms with van der Waals surface area (Å²) < 4.78 is 1.80. The van der Waals surface area contributed by atoms with Crippen LogP contribution in [-0.4, -0.2) is 69.2 Å². The first kappa shape index (κ1) is 14.4. The number of hydrogen-bond acceptors (Lipinski definition) is 5. The van der Waals surface area contributed by atoms with Crippen molar-refractivity contribution < 1.29 is 5.11 Å². The lowest BCUT2D eigenvalue weighted by molar-refractivity contribution is 0.0743. The number of benzene rings is 1. The Balaban J connectivity index is 1.69. The van der Waals surface area contributed by atoms with Gasteiger partial charge in [0.05, 0.1) is 5.52 Å². The molecule has 6 nitrogen and oxygen atoms in total. The van der Waals surface area contributed by atoms with E-state index in [2.05, 4.69) is 45.4 Å². The van der Waals surface area contributed by atoms with E-state index in [4.69, 9.17) is 0 Å². The van der Waals surface area contributed by atoms with Crippen LogP contribution in [0.4, 0.5) is 0 Å². The molecule has 1 saturated heterocycles. The number of fused-ring (bicyclic) bond motifs is 1. The second-order valence-corrected chi connectivity index (χ2v) is 5.92. The smallest absolute Gasteiger partial charge is 0.113 e. The molecular weight excluding hydrogens is 266 g/mol. The van der Waals surface area contributed by atoms with Gasteiger partial charge in [0, 0.05) is 45.9 Å². The van der Waals surface area contributed by atoms with Gasteiger partial charge in [0.15, 0.2) is 0 Å². The second kappa shape index (κ2) is 6.09. The summed E-state index contributed by atoms with van der Waals surface area (Å²) in [6, 6.07) is 6.82. The predicted molar refractivity (Wildman–Crippen MR) is 81.9 cm³/mol. The van der Waals surface area contributed by atoms with Crippen LogP contribution in [0.3, 0.4) is 0 Å². The standard InChI is InChI=1S/C15H23N5O/c1-18-6-7-20(11-13(18)5-8-21)10-12-3-4-15-14(9-12)16-17-19(15)2/h3-4,9,13,21H,5-8,10-11H2,1-2H3. The highest BCUT2D eigenvalue weighted by molar-refractivity contribution is 5.74. The van der Waals surface area contributed by atoms with Gasteiger partial charge >= 0.3 is 0 Å². The summed E-state index contributed by atoms with van der Waals surface area (Å²) in [5.74, 6) is 0. The SMILES string of the molecule is CN1CCN(Cc2ccc3c(c2)nnn3C)CC1CCO. The maximum absolute atomic E-state index is 9.17. The van der Waals surface area contributed by atoms with Crippen molar-refractivity contribution in [3.05, 3.63) is 23.8 Å². The first-order chi connectivity index (χ1) is 10.2. The van der Waals surface area contributed by atoms with Gasteiger partial charge in [-0.15, -0.1) is 5.10 Å². The number of likely N-dealkylation sites (N-methyl/N-ethyl adjacent to an activating group) is 1. The molecule has 0 aliphatic carbocycles. The van der Waals surface area contributed by atoms with Crippen LogP contribution >= 0.6 is 0 Å². The van der Waals surface area contributed by atoms with Gasteiger partial charge in [0.2, 0.25) is 0 Å². The van der Waals surface area contributed by atoms with Crippen molar-refractivity contribution in [3.63, 3.8) is 0 Å². The van der Waals surface area contributed by atoms with Crippen LogP contribution < -0.4 is 0 Å². The van der Waals surface area contributed by atoms with Gasteiger partial charge in [0.1, 0.15) is 5.52 Å². The zero-order valence-electron chi connectivity index (χ0n) is 12.7. The van der Waals surface area contributed by atoms with Gasteiger partial charge in [-0.2, -0.15) is 0 Å². The molecule has 6 heteroatoms. The summed E-state index contributed by atoms with van der Waals surface area (Å²) in [6.07, 6.45) is 0.843. The van der Waals surface area contributed by atoms with Crippen molar-refractivity contribution in [2.75, 3.05) is 33.3 Å². The number of piperazine rings is 1. The van der Waals surface area contributed by atoms with Crippen molar-refractivity contribution in [2.45, 2.75) is 19.0 Å². The van der Waals surface area contributed by atoms with Crippen LogP contribution in [0.5, 0.6) is 0 Å². The third-order valence-electron chi connectivity index (χ3n) is 4.40.